The van der Waals surface area contributed by atoms with E-state index < -0.39 is 0 Å². The molecule has 2 unspecified atom stereocenters. The Hall–Kier alpha value is -0.790. The molecule has 0 aliphatic heterocycles. The van der Waals surface area contributed by atoms with E-state index in [1.165, 1.54) is 29.5 Å². The molecule has 0 aromatic heterocycles. The largest absolute Gasteiger partial charge is 0.0843 e. The van der Waals surface area contributed by atoms with E-state index in [0.717, 1.165) is 11.4 Å². The first-order chi connectivity index (χ1) is 9.24. The highest BCUT2D eigenvalue weighted by Crippen LogP contribution is 2.42. The lowest BCUT2D eigenvalue weighted by Crippen LogP contribution is -2.18. The molecule has 0 saturated carbocycles. The molecule has 19 heavy (non-hydrogen) atoms. The number of aryl methyl sites for hydroxylation is 1. The zero-order valence-corrected chi connectivity index (χ0v) is 13.0. The summed E-state index contributed by atoms with van der Waals surface area (Å²) in [7, 11) is 0. The summed E-state index contributed by atoms with van der Waals surface area (Å²) in [6.45, 7) is 0. The van der Waals surface area contributed by atoms with Crippen molar-refractivity contribution in [1.29, 1.82) is 0 Å². The number of hydrogen-bond acceptors (Lipinski definition) is 0. The van der Waals surface area contributed by atoms with Crippen LogP contribution in [0, 0.1) is 5.92 Å². The van der Waals surface area contributed by atoms with E-state index in [9.17, 15) is 0 Å². The van der Waals surface area contributed by atoms with Crippen molar-refractivity contribution >= 4 is 27.5 Å². The van der Waals surface area contributed by atoms with Crippen LogP contribution < -0.4 is 0 Å². The smallest absolute Gasteiger partial charge is 0.0429 e. The van der Waals surface area contributed by atoms with Crippen molar-refractivity contribution in [3.63, 3.8) is 0 Å². The van der Waals surface area contributed by atoms with Gasteiger partial charge in [0.1, 0.15) is 0 Å². The van der Waals surface area contributed by atoms with Crippen LogP contribution in [0.4, 0.5) is 0 Å². The fourth-order valence-electron chi connectivity index (χ4n) is 2.94. The molecule has 98 valence electrons. The molecule has 0 nitrogen and oxygen atoms in total. The molecule has 2 aromatic carbocycles. The van der Waals surface area contributed by atoms with Crippen LogP contribution >= 0.6 is 27.5 Å². The van der Waals surface area contributed by atoms with Crippen molar-refractivity contribution in [2.45, 2.75) is 24.1 Å². The zero-order valence-electron chi connectivity index (χ0n) is 10.7. The summed E-state index contributed by atoms with van der Waals surface area (Å²) >= 11 is 9.96. The molecule has 0 spiro atoms. The third kappa shape index (κ3) is 2.88. The fourth-order valence-corrected chi connectivity index (χ4v) is 4.06. The number of hydrogen-bond donors (Lipinski definition) is 0. The lowest BCUT2D eigenvalue weighted by Gasteiger charge is -2.30. The second-order valence-corrected chi connectivity index (χ2v) is 6.66. The third-order valence-electron chi connectivity index (χ3n) is 3.94. The van der Waals surface area contributed by atoms with Crippen molar-refractivity contribution in [3.8, 4) is 0 Å². The Labute approximate surface area is 127 Å². The number of rotatable bonds is 2. The van der Waals surface area contributed by atoms with E-state index in [1.54, 1.807) is 0 Å². The molecule has 0 bridgehead atoms. The first kappa shape index (κ1) is 13.2. The average Bonchev–Trinajstić information content (AvgIpc) is 2.42. The van der Waals surface area contributed by atoms with E-state index in [2.05, 4.69) is 52.3 Å². The summed E-state index contributed by atoms with van der Waals surface area (Å²) in [5, 5.41) is 0.833. The summed E-state index contributed by atoms with van der Waals surface area (Å²) in [5.74, 6) is 0.647. The van der Waals surface area contributed by atoms with Crippen molar-refractivity contribution < 1.29 is 0 Å². The van der Waals surface area contributed by atoms with Gasteiger partial charge in [0.2, 0.25) is 0 Å². The normalized spacial score (nSPS) is 22.0. The van der Waals surface area contributed by atoms with Crippen LogP contribution in [0.25, 0.3) is 0 Å². The van der Waals surface area contributed by atoms with Gasteiger partial charge in [0.05, 0.1) is 0 Å². The van der Waals surface area contributed by atoms with E-state index >= 15 is 0 Å². The number of halogens is 2. The highest BCUT2D eigenvalue weighted by molar-refractivity contribution is 9.09. The van der Waals surface area contributed by atoms with Crippen molar-refractivity contribution in [2.24, 2.45) is 5.92 Å². The monoisotopic (exact) mass is 334 g/mol. The van der Waals surface area contributed by atoms with Crippen molar-refractivity contribution in [1.82, 2.24) is 0 Å². The number of alkyl halides is 1. The Bertz CT molecular complexity index is 579. The van der Waals surface area contributed by atoms with E-state index in [-0.39, 0.29) is 0 Å². The lowest BCUT2D eigenvalue weighted by molar-refractivity contribution is 0.452. The van der Waals surface area contributed by atoms with Crippen molar-refractivity contribution in [3.05, 3.63) is 70.2 Å². The minimum Gasteiger partial charge on any atom is -0.0843 e. The van der Waals surface area contributed by atoms with Crippen LogP contribution in [0.15, 0.2) is 48.5 Å². The quantitative estimate of drug-likeness (QED) is 0.628. The molecule has 0 amide bonds. The van der Waals surface area contributed by atoms with Gasteiger partial charge in [-0.2, -0.15) is 0 Å². The van der Waals surface area contributed by atoms with Crippen molar-refractivity contribution in [2.75, 3.05) is 0 Å². The lowest BCUT2D eigenvalue weighted by atomic mass is 9.81. The highest BCUT2D eigenvalue weighted by Gasteiger charge is 2.27. The SMILES string of the molecule is Clc1cccc(CC2CCc3ccccc3C2Br)c1. The van der Waals surface area contributed by atoms with Crippen LogP contribution in [0.5, 0.6) is 0 Å². The van der Waals surface area contributed by atoms with Gasteiger partial charge < -0.3 is 0 Å². The molecule has 0 heterocycles. The van der Waals surface area contributed by atoms with E-state index in [4.69, 9.17) is 11.6 Å². The van der Waals surface area contributed by atoms with Gasteiger partial charge in [0.15, 0.2) is 0 Å². The van der Waals surface area contributed by atoms with Crippen LogP contribution in [0.1, 0.15) is 27.9 Å². The van der Waals surface area contributed by atoms with Crippen LogP contribution in [-0.4, -0.2) is 0 Å². The zero-order chi connectivity index (χ0) is 13.2. The maximum absolute atomic E-state index is 6.07. The second-order valence-electron chi connectivity index (χ2n) is 5.23. The molecular weight excluding hydrogens is 320 g/mol. The Morgan fingerprint density at radius 3 is 2.79 bits per heavy atom. The summed E-state index contributed by atoms with van der Waals surface area (Å²) in [5.41, 5.74) is 4.29. The molecule has 0 N–H and O–H groups in total. The number of fused-ring (bicyclic) bond motifs is 1. The molecule has 0 radical (unpaired) electrons. The maximum atomic E-state index is 6.07. The molecule has 1 aliphatic carbocycles. The Morgan fingerprint density at radius 2 is 1.95 bits per heavy atom. The van der Waals surface area contributed by atoms with Crippen LogP contribution in [0.2, 0.25) is 5.02 Å². The summed E-state index contributed by atoms with van der Waals surface area (Å²) in [4.78, 5) is 0.455. The molecule has 1 aliphatic rings. The molecule has 2 aromatic rings. The fraction of sp³-hybridized carbons (Fsp3) is 0.294. The third-order valence-corrected chi connectivity index (χ3v) is 5.41. The second kappa shape index (κ2) is 5.68. The molecular formula is C17H16BrCl. The summed E-state index contributed by atoms with van der Waals surface area (Å²) in [6.07, 6.45) is 3.51. The predicted molar refractivity (Wildman–Crippen MR) is 85.1 cm³/mol. The van der Waals surface area contributed by atoms with Gasteiger partial charge in [-0.25, -0.2) is 0 Å². The van der Waals surface area contributed by atoms with Gasteiger partial charge in [0.25, 0.3) is 0 Å². The maximum Gasteiger partial charge on any atom is 0.0429 e. The minimum atomic E-state index is 0.455. The highest BCUT2D eigenvalue weighted by atomic mass is 79.9. The van der Waals surface area contributed by atoms with Gasteiger partial charge in [-0.05, 0) is 54.0 Å². The molecule has 3 rings (SSSR count). The molecule has 0 saturated heterocycles. The number of benzene rings is 2. The van der Waals surface area contributed by atoms with Gasteiger partial charge in [-0.3, -0.25) is 0 Å². The predicted octanol–water partition coefficient (Wildman–Crippen LogP) is 5.58. The van der Waals surface area contributed by atoms with E-state index in [0.29, 0.717) is 10.7 Å². The Kier molecular flexibility index (Phi) is 3.95. The van der Waals surface area contributed by atoms with Gasteiger partial charge in [0, 0.05) is 9.85 Å². The summed E-state index contributed by atoms with van der Waals surface area (Å²) in [6, 6.07) is 17.0. The molecule has 2 heteroatoms. The van der Waals surface area contributed by atoms with Gasteiger partial charge in [-0.15, -0.1) is 0 Å². The Morgan fingerprint density at radius 1 is 1.11 bits per heavy atom. The molecule has 2 atom stereocenters. The Balaban J connectivity index is 1.81. The average molecular weight is 336 g/mol. The first-order valence-corrected chi connectivity index (χ1v) is 8.00. The molecule has 0 fully saturated rings. The standard InChI is InChI=1S/C17H16BrCl/c18-17-14(10-12-4-3-6-15(19)11-12)9-8-13-5-1-2-7-16(13)17/h1-7,11,14,17H,8-10H2. The topological polar surface area (TPSA) is 0 Å². The van der Waals surface area contributed by atoms with Crippen LogP contribution in [0.3, 0.4) is 0 Å². The van der Waals surface area contributed by atoms with Gasteiger partial charge >= 0.3 is 0 Å². The first-order valence-electron chi connectivity index (χ1n) is 6.70. The van der Waals surface area contributed by atoms with E-state index in [1.807, 2.05) is 12.1 Å². The summed E-state index contributed by atoms with van der Waals surface area (Å²) < 4.78 is 0. The van der Waals surface area contributed by atoms with Gasteiger partial charge in [-0.1, -0.05) is 63.9 Å². The van der Waals surface area contributed by atoms with Crippen LogP contribution in [-0.2, 0) is 12.8 Å². The minimum absolute atomic E-state index is 0.455.